The number of aromatic nitrogens is 2. The van der Waals surface area contributed by atoms with E-state index in [1.54, 1.807) is 34.9 Å². The molecule has 1 N–H and O–H groups in total. The molecular weight excluding hydrogens is 458 g/mol. The molecule has 10 heteroatoms. The van der Waals surface area contributed by atoms with E-state index in [1.807, 2.05) is 26.1 Å². The van der Waals surface area contributed by atoms with Gasteiger partial charge in [0.1, 0.15) is 17.9 Å². The summed E-state index contributed by atoms with van der Waals surface area (Å²) >= 11 is 0. The number of fused-ring (bicyclic) bond motifs is 1. The number of rotatable bonds is 8. The standard InChI is InChI=1S/C24H29N3O6S/c1-16(2)33-18-4-6-19(7-5-18)34(30,31)27-12-10-17(11-13-27)21-14-26(15-23(28)29)24-20(21)8-9-22(25-24)32-3/h4-9,14,16-17H,10-13,15H2,1-3H3,(H,28,29). The molecule has 0 radical (unpaired) electrons. The van der Waals surface area contributed by atoms with Gasteiger partial charge in [-0.3, -0.25) is 4.79 Å². The lowest BCUT2D eigenvalue weighted by molar-refractivity contribution is -0.137. The van der Waals surface area contributed by atoms with Gasteiger partial charge in [0.2, 0.25) is 15.9 Å². The summed E-state index contributed by atoms with van der Waals surface area (Å²) < 4.78 is 40.3. The smallest absolute Gasteiger partial charge is 0.323 e. The van der Waals surface area contributed by atoms with Gasteiger partial charge in [0, 0.05) is 30.7 Å². The van der Waals surface area contributed by atoms with E-state index in [-0.39, 0.29) is 23.5 Å². The lowest BCUT2D eigenvalue weighted by Gasteiger charge is -2.31. The third-order valence-corrected chi connectivity index (χ3v) is 7.88. The van der Waals surface area contributed by atoms with Crippen LogP contribution in [0.15, 0.2) is 47.5 Å². The van der Waals surface area contributed by atoms with E-state index in [0.717, 1.165) is 10.9 Å². The molecule has 2 aromatic heterocycles. The molecule has 9 nitrogen and oxygen atoms in total. The first-order valence-corrected chi connectivity index (χ1v) is 12.7. The van der Waals surface area contributed by atoms with Crippen molar-refractivity contribution in [2.24, 2.45) is 0 Å². The highest BCUT2D eigenvalue weighted by Gasteiger charge is 2.31. The number of nitrogens with zero attached hydrogens (tertiary/aromatic N) is 3. The average molecular weight is 488 g/mol. The molecule has 1 aliphatic heterocycles. The fraction of sp³-hybridized carbons (Fsp3) is 0.417. The van der Waals surface area contributed by atoms with Gasteiger partial charge in [0.05, 0.1) is 18.1 Å². The quantitative estimate of drug-likeness (QED) is 0.518. The first-order valence-electron chi connectivity index (χ1n) is 11.2. The number of carboxylic acid groups (broad SMARTS) is 1. The van der Waals surface area contributed by atoms with Gasteiger partial charge in [0.15, 0.2) is 0 Å². The fourth-order valence-corrected chi connectivity index (χ4v) is 5.87. The number of aliphatic carboxylic acids is 1. The van der Waals surface area contributed by atoms with Crippen LogP contribution in [0.25, 0.3) is 11.0 Å². The lowest BCUT2D eigenvalue weighted by atomic mass is 9.90. The lowest BCUT2D eigenvalue weighted by Crippen LogP contribution is -2.37. The molecule has 0 saturated carbocycles. The van der Waals surface area contributed by atoms with Crippen LogP contribution in [0.3, 0.4) is 0 Å². The molecule has 0 bridgehead atoms. The number of benzene rings is 1. The summed E-state index contributed by atoms with van der Waals surface area (Å²) in [6.45, 7) is 4.39. The molecule has 1 saturated heterocycles. The Labute approximate surface area is 199 Å². The maximum atomic E-state index is 13.2. The Bertz CT molecular complexity index is 1280. The minimum absolute atomic E-state index is 0.0132. The number of pyridine rings is 1. The van der Waals surface area contributed by atoms with E-state index < -0.39 is 16.0 Å². The largest absolute Gasteiger partial charge is 0.491 e. The molecule has 0 spiro atoms. The zero-order valence-corrected chi connectivity index (χ0v) is 20.3. The second kappa shape index (κ2) is 9.63. The minimum Gasteiger partial charge on any atom is -0.491 e. The van der Waals surface area contributed by atoms with Crippen molar-refractivity contribution in [2.45, 2.75) is 50.2 Å². The monoisotopic (exact) mass is 487 g/mol. The summed E-state index contributed by atoms with van der Waals surface area (Å²) in [6, 6.07) is 10.2. The summed E-state index contributed by atoms with van der Waals surface area (Å²) in [6.07, 6.45) is 3.10. The summed E-state index contributed by atoms with van der Waals surface area (Å²) in [5.74, 6) is 0.185. The van der Waals surface area contributed by atoms with Crippen LogP contribution in [0.4, 0.5) is 0 Å². The normalized spacial score (nSPS) is 15.6. The van der Waals surface area contributed by atoms with E-state index in [0.29, 0.717) is 43.2 Å². The SMILES string of the molecule is COc1ccc2c(C3CCN(S(=O)(=O)c4ccc(OC(C)C)cc4)CC3)cn(CC(=O)O)c2n1. The zero-order valence-electron chi connectivity index (χ0n) is 19.5. The Hall–Kier alpha value is -3.11. The van der Waals surface area contributed by atoms with Gasteiger partial charge in [0.25, 0.3) is 0 Å². The van der Waals surface area contributed by atoms with Crippen LogP contribution in [-0.4, -0.2) is 59.7 Å². The number of ether oxygens (including phenoxy) is 2. The van der Waals surface area contributed by atoms with E-state index >= 15 is 0 Å². The number of piperidine rings is 1. The fourth-order valence-electron chi connectivity index (χ4n) is 4.40. The molecule has 0 atom stereocenters. The average Bonchev–Trinajstić information content (AvgIpc) is 3.16. The van der Waals surface area contributed by atoms with Crippen LogP contribution in [-0.2, 0) is 21.4 Å². The van der Waals surface area contributed by atoms with Crippen LogP contribution in [0.5, 0.6) is 11.6 Å². The Morgan fingerprint density at radius 2 is 1.82 bits per heavy atom. The minimum atomic E-state index is -3.61. The second-order valence-corrected chi connectivity index (χ2v) is 10.6. The van der Waals surface area contributed by atoms with Gasteiger partial charge in [-0.15, -0.1) is 0 Å². The van der Waals surface area contributed by atoms with Crippen molar-refractivity contribution >= 4 is 27.0 Å². The van der Waals surface area contributed by atoms with Crippen molar-refractivity contribution in [1.82, 2.24) is 13.9 Å². The molecule has 182 valence electrons. The van der Waals surface area contributed by atoms with Crippen molar-refractivity contribution in [2.75, 3.05) is 20.2 Å². The van der Waals surface area contributed by atoms with Crippen molar-refractivity contribution in [3.8, 4) is 11.6 Å². The second-order valence-electron chi connectivity index (χ2n) is 8.65. The zero-order chi connectivity index (χ0) is 24.5. The third kappa shape index (κ3) is 4.88. The van der Waals surface area contributed by atoms with E-state index in [4.69, 9.17) is 9.47 Å². The number of carboxylic acids is 1. The van der Waals surface area contributed by atoms with Crippen molar-refractivity contribution in [3.63, 3.8) is 0 Å². The number of carbonyl (C=O) groups is 1. The van der Waals surface area contributed by atoms with Gasteiger partial charge >= 0.3 is 5.97 Å². The van der Waals surface area contributed by atoms with Gasteiger partial charge in [-0.2, -0.15) is 9.29 Å². The highest BCUT2D eigenvalue weighted by atomic mass is 32.2. The van der Waals surface area contributed by atoms with Gasteiger partial charge in [-0.05, 0) is 68.5 Å². The number of methoxy groups -OCH3 is 1. The van der Waals surface area contributed by atoms with Crippen LogP contribution in [0, 0.1) is 0 Å². The van der Waals surface area contributed by atoms with Crippen LogP contribution in [0.1, 0.15) is 38.2 Å². The summed E-state index contributed by atoms with van der Waals surface area (Å²) in [5, 5.41) is 10.2. The van der Waals surface area contributed by atoms with Gasteiger partial charge in [-0.25, -0.2) is 8.42 Å². The Balaban J connectivity index is 1.53. The molecular formula is C24H29N3O6S. The Morgan fingerprint density at radius 1 is 1.15 bits per heavy atom. The highest BCUT2D eigenvalue weighted by Crippen LogP contribution is 2.36. The Kier molecular flexibility index (Phi) is 6.81. The number of hydrogen-bond donors (Lipinski definition) is 1. The van der Waals surface area contributed by atoms with Crippen LogP contribution >= 0.6 is 0 Å². The van der Waals surface area contributed by atoms with E-state index in [9.17, 15) is 18.3 Å². The van der Waals surface area contributed by atoms with Crippen LogP contribution < -0.4 is 9.47 Å². The summed E-state index contributed by atoms with van der Waals surface area (Å²) in [4.78, 5) is 16.0. The number of hydrogen-bond acceptors (Lipinski definition) is 6. The van der Waals surface area contributed by atoms with E-state index in [2.05, 4.69) is 4.98 Å². The number of sulfonamides is 1. The van der Waals surface area contributed by atoms with Gasteiger partial charge in [-0.1, -0.05) is 0 Å². The first kappa shape index (κ1) is 24.0. The van der Waals surface area contributed by atoms with Gasteiger partial charge < -0.3 is 19.1 Å². The highest BCUT2D eigenvalue weighted by molar-refractivity contribution is 7.89. The molecule has 0 amide bonds. The molecule has 1 fully saturated rings. The molecule has 34 heavy (non-hydrogen) atoms. The Morgan fingerprint density at radius 3 is 2.41 bits per heavy atom. The maximum Gasteiger partial charge on any atom is 0.323 e. The van der Waals surface area contributed by atoms with Crippen LogP contribution in [0.2, 0.25) is 0 Å². The van der Waals surface area contributed by atoms with Crippen molar-refractivity contribution in [3.05, 3.63) is 48.2 Å². The third-order valence-electron chi connectivity index (χ3n) is 5.97. The summed E-state index contributed by atoms with van der Waals surface area (Å²) in [5.41, 5.74) is 1.54. The molecule has 4 rings (SSSR count). The topological polar surface area (TPSA) is 111 Å². The molecule has 0 unspecified atom stereocenters. The van der Waals surface area contributed by atoms with E-state index in [1.165, 1.54) is 11.4 Å². The molecule has 1 aromatic carbocycles. The molecule has 3 heterocycles. The summed E-state index contributed by atoms with van der Waals surface area (Å²) in [7, 11) is -2.09. The van der Waals surface area contributed by atoms with Crippen molar-refractivity contribution < 1.29 is 27.8 Å². The molecule has 1 aliphatic rings. The van der Waals surface area contributed by atoms with Crippen molar-refractivity contribution in [1.29, 1.82) is 0 Å². The predicted molar refractivity (Wildman–Crippen MR) is 127 cm³/mol. The molecule has 0 aliphatic carbocycles. The maximum absolute atomic E-state index is 13.2. The predicted octanol–water partition coefficient (Wildman–Crippen LogP) is 3.49. The first-order chi connectivity index (χ1) is 16.2. The molecule has 3 aromatic rings.